The summed E-state index contributed by atoms with van der Waals surface area (Å²) in [4.78, 5) is 14.8. The number of piperidine rings is 1. The van der Waals surface area contributed by atoms with Crippen molar-refractivity contribution in [3.05, 3.63) is 17.7 Å². The first-order valence-electron chi connectivity index (χ1n) is 10.8. The Morgan fingerprint density at radius 2 is 2.00 bits per heavy atom. The molecule has 2 saturated carbocycles. The monoisotopic (exact) mass is 407 g/mol. The van der Waals surface area contributed by atoms with Gasteiger partial charge in [-0.1, -0.05) is 16.4 Å². The van der Waals surface area contributed by atoms with Gasteiger partial charge in [0.05, 0.1) is 11.1 Å². The zero-order valence-corrected chi connectivity index (χ0v) is 17.0. The molecule has 2 aromatic heterocycles. The summed E-state index contributed by atoms with van der Waals surface area (Å²) in [6.45, 7) is 3.53. The zero-order valence-electron chi connectivity index (χ0n) is 17.0. The van der Waals surface area contributed by atoms with Crippen molar-refractivity contribution in [1.29, 1.82) is 0 Å². The molecule has 30 heavy (non-hydrogen) atoms. The van der Waals surface area contributed by atoms with E-state index < -0.39 is 6.04 Å². The van der Waals surface area contributed by atoms with Gasteiger partial charge in [-0.05, 0) is 68.4 Å². The number of hydrogen-bond acceptors (Lipinski definition) is 7. The highest BCUT2D eigenvalue weighted by Gasteiger charge is 2.45. The number of likely N-dealkylation sites (tertiary alicyclic amines) is 1. The molecular formula is C21H25N7O2. The van der Waals surface area contributed by atoms with E-state index >= 15 is 0 Å². The highest BCUT2D eigenvalue weighted by atomic mass is 16.4. The molecule has 3 aliphatic rings. The van der Waals surface area contributed by atoms with Gasteiger partial charge in [0.15, 0.2) is 0 Å². The lowest BCUT2D eigenvalue weighted by molar-refractivity contribution is -0.133. The summed E-state index contributed by atoms with van der Waals surface area (Å²) in [7, 11) is 0. The van der Waals surface area contributed by atoms with Gasteiger partial charge >= 0.3 is 6.01 Å². The van der Waals surface area contributed by atoms with Crippen molar-refractivity contribution >= 4 is 23.0 Å². The van der Waals surface area contributed by atoms with Crippen molar-refractivity contribution in [2.45, 2.75) is 57.4 Å². The lowest BCUT2D eigenvalue weighted by Gasteiger charge is -2.33. The second kappa shape index (κ2) is 6.52. The van der Waals surface area contributed by atoms with E-state index in [-0.39, 0.29) is 11.9 Å². The molecule has 3 aromatic rings. The Labute approximate surface area is 173 Å². The number of rotatable bonds is 5. The molecule has 9 nitrogen and oxygen atoms in total. The Bertz CT molecular complexity index is 1100. The Balaban J connectivity index is 1.17. The zero-order chi connectivity index (χ0) is 20.3. The van der Waals surface area contributed by atoms with Crippen LogP contribution in [0.1, 0.15) is 56.9 Å². The van der Waals surface area contributed by atoms with Gasteiger partial charge in [0, 0.05) is 13.1 Å². The third kappa shape index (κ3) is 3.03. The summed E-state index contributed by atoms with van der Waals surface area (Å²) < 4.78 is 5.83. The van der Waals surface area contributed by atoms with Crippen LogP contribution in [0.2, 0.25) is 0 Å². The van der Waals surface area contributed by atoms with Crippen LogP contribution in [0.4, 0.5) is 6.01 Å². The summed E-state index contributed by atoms with van der Waals surface area (Å²) in [6, 6.07) is 3.87. The minimum Gasteiger partial charge on any atom is -0.403 e. The molecule has 9 heteroatoms. The Morgan fingerprint density at radius 3 is 2.73 bits per heavy atom. The maximum atomic E-state index is 12.8. The van der Waals surface area contributed by atoms with Gasteiger partial charge in [0.25, 0.3) is 5.89 Å². The van der Waals surface area contributed by atoms with Crippen LogP contribution in [0.25, 0.3) is 22.5 Å². The Kier molecular flexibility index (Phi) is 3.88. The molecule has 1 saturated heterocycles. The van der Waals surface area contributed by atoms with Crippen LogP contribution in [0, 0.1) is 5.41 Å². The lowest BCUT2D eigenvalue weighted by atomic mass is 9.93. The third-order valence-electron chi connectivity index (χ3n) is 7.00. The minimum absolute atomic E-state index is 0.0826. The van der Waals surface area contributed by atoms with E-state index in [4.69, 9.17) is 4.42 Å². The predicted molar refractivity (Wildman–Crippen MR) is 110 cm³/mol. The summed E-state index contributed by atoms with van der Waals surface area (Å²) in [5.41, 5.74) is 4.21. The van der Waals surface area contributed by atoms with Gasteiger partial charge in [0.2, 0.25) is 5.91 Å². The van der Waals surface area contributed by atoms with E-state index in [2.05, 4.69) is 37.0 Å². The van der Waals surface area contributed by atoms with Gasteiger partial charge in [0.1, 0.15) is 11.6 Å². The van der Waals surface area contributed by atoms with Gasteiger partial charge in [-0.15, -0.1) is 10.2 Å². The number of hydrogen-bond donors (Lipinski definition) is 2. The molecule has 0 bridgehead atoms. The molecule has 3 heterocycles. The lowest BCUT2D eigenvalue weighted by Crippen LogP contribution is -2.45. The molecule has 6 rings (SSSR count). The Hall–Kier alpha value is -2.97. The van der Waals surface area contributed by atoms with Crippen LogP contribution >= 0.6 is 0 Å². The number of anilines is 1. The fourth-order valence-electron chi connectivity index (χ4n) is 4.64. The predicted octanol–water partition coefficient (Wildman–Crippen LogP) is 3.09. The number of amides is 1. The normalized spacial score (nSPS) is 21.2. The van der Waals surface area contributed by atoms with Crippen LogP contribution in [-0.4, -0.2) is 55.5 Å². The fraction of sp³-hybridized carbons (Fsp3) is 0.571. The van der Waals surface area contributed by atoms with Crippen LogP contribution in [0.5, 0.6) is 0 Å². The quantitative estimate of drug-likeness (QED) is 0.668. The molecule has 1 atom stereocenters. The van der Waals surface area contributed by atoms with Crippen LogP contribution < -0.4 is 5.32 Å². The SMILES string of the molecule is C[C@H](Nc1nnc(-c2ccc(C3CC3)c3nn[nH]c23)o1)C(=O)N1CCC2(CC1)CC2. The van der Waals surface area contributed by atoms with Crippen molar-refractivity contribution in [1.82, 2.24) is 30.5 Å². The summed E-state index contributed by atoms with van der Waals surface area (Å²) in [6.07, 6.45) is 7.30. The second-order valence-corrected chi connectivity index (χ2v) is 9.12. The summed E-state index contributed by atoms with van der Waals surface area (Å²) in [5.74, 6) is 1.03. The molecule has 1 aliphatic heterocycles. The summed E-state index contributed by atoms with van der Waals surface area (Å²) >= 11 is 0. The molecule has 2 N–H and O–H groups in total. The molecule has 3 fully saturated rings. The van der Waals surface area contributed by atoms with Gasteiger partial charge in [-0.25, -0.2) is 0 Å². The summed E-state index contributed by atoms with van der Waals surface area (Å²) in [5, 5.41) is 22.5. The van der Waals surface area contributed by atoms with E-state index in [1.54, 1.807) is 0 Å². The van der Waals surface area contributed by atoms with Crippen LogP contribution in [0.3, 0.4) is 0 Å². The number of carbonyl (C=O) groups is 1. The molecule has 0 radical (unpaired) electrons. The van der Waals surface area contributed by atoms with E-state index in [1.165, 1.54) is 31.2 Å². The number of H-pyrrole nitrogens is 1. The van der Waals surface area contributed by atoms with Gasteiger partial charge in [-0.3, -0.25) is 9.89 Å². The first kappa shape index (κ1) is 17.9. The second-order valence-electron chi connectivity index (χ2n) is 9.12. The third-order valence-corrected chi connectivity index (χ3v) is 7.00. The average molecular weight is 407 g/mol. The first-order valence-corrected chi connectivity index (χ1v) is 10.8. The number of benzene rings is 1. The average Bonchev–Trinajstić information content (AvgIpc) is 3.64. The highest BCUT2D eigenvalue weighted by molar-refractivity contribution is 5.91. The maximum Gasteiger partial charge on any atom is 0.316 e. The number of nitrogens with one attached hydrogen (secondary N) is 2. The van der Waals surface area contributed by atoms with Crippen LogP contribution in [0.15, 0.2) is 16.5 Å². The molecule has 1 aromatic carbocycles. The van der Waals surface area contributed by atoms with E-state index in [9.17, 15) is 4.79 Å². The van der Waals surface area contributed by atoms with Gasteiger partial charge < -0.3 is 14.6 Å². The molecular weight excluding hydrogens is 382 g/mol. The molecule has 2 aliphatic carbocycles. The number of aromatic amines is 1. The van der Waals surface area contributed by atoms with Crippen molar-refractivity contribution in [3.63, 3.8) is 0 Å². The van der Waals surface area contributed by atoms with Crippen molar-refractivity contribution in [2.75, 3.05) is 18.4 Å². The molecule has 0 unspecified atom stereocenters. The fourth-order valence-corrected chi connectivity index (χ4v) is 4.64. The number of nitrogens with zero attached hydrogens (tertiary/aromatic N) is 5. The largest absolute Gasteiger partial charge is 0.403 e. The topological polar surface area (TPSA) is 113 Å². The first-order chi connectivity index (χ1) is 14.6. The maximum absolute atomic E-state index is 12.8. The van der Waals surface area contributed by atoms with E-state index in [0.717, 1.165) is 42.5 Å². The smallest absolute Gasteiger partial charge is 0.316 e. The molecule has 1 spiro atoms. The highest BCUT2D eigenvalue weighted by Crippen LogP contribution is 2.53. The molecule has 1 amide bonds. The molecule has 156 valence electrons. The van der Waals surface area contributed by atoms with Crippen molar-refractivity contribution in [2.24, 2.45) is 5.41 Å². The number of carbonyl (C=O) groups excluding carboxylic acids is 1. The van der Waals surface area contributed by atoms with E-state index in [1.807, 2.05) is 17.9 Å². The van der Waals surface area contributed by atoms with Crippen LogP contribution in [-0.2, 0) is 4.79 Å². The van der Waals surface area contributed by atoms with Crippen molar-refractivity contribution in [3.8, 4) is 11.5 Å². The Morgan fingerprint density at radius 1 is 1.20 bits per heavy atom. The minimum atomic E-state index is -0.419. The number of aromatic nitrogens is 5. The van der Waals surface area contributed by atoms with Crippen molar-refractivity contribution < 1.29 is 9.21 Å². The number of fused-ring (bicyclic) bond motifs is 1. The van der Waals surface area contributed by atoms with E-state index in [0.29, 0.717) is 17.2 Å². The van der Waals surface area contributed by atoms with Gasteiger partial charge in [-0.2, -0.15) is 0 Å². The standard InChI is InChI=1S/C21H25N7O2/c1-12(19(29)28-10-8-21(6-7-21)9-11-28)22-20-26-25-18(30-20)15-5-4-14(13-2-3-13)16-17(15)24-27-23-16/h4-5,12-13H,2-3,6-11H2,1H3,(H,22,26)(H,23,24,27)/t12-/m0/s1.